The van der Waals surface area contributed by atoms with E-state index in [1.807, 2.05) is 0 Å². The quantitative estimate of drug-likeness (QED) is 0.848. The van der Waals surface area contributed by atoms with Crippen molar-refractivity contribution in [3.63, 3.8) is 0 Å². The van der Waals surface area contributed by atoms with Crippen molar-refractivity contribution in [2.45, 2.75) is 20.3 Å². The van der Waals surface area contributed by atoms with Crippen LogP contribution in [0.4, 0.5) is 11.4 Å². The summed E-state index contributed by atoms with van der Waals surface area (Å²) in [5.41, 5.74) is 5.18. The number of para-hydroxylation sites is 1. The Hall–Kier alpha value is -1.96. The molecule has 106 valence electrons. The van der Waals surface area contributed by atoms with Gasteiger partial charge in [-0.05, 0) is 42.7 Å². The van der Waals surface area contributed by atoms with Crippen molar-refractivity contribution in [1.29, 1.82) is 0 Å². The Bertz CT molecular complexity index is 531. The summed E-state index contributed by atoms with van der Waals surface area (Å²) in [5.74, 6) is 0. The second-order valence-electron chi connectivity index (χ2n) is 5.18. The number of anilines is 2. The van der Waals surface area contributed by atoms with Gasteiger partial charge in [-0.15, -0.1) is 0 Å². The summed E-state index contributed by atoms with van der Waals surface area (Å²) in [6.07, 6.45) is 1.10. The molecular weight excluding hydrogens is 244 g/mol. The van der Waals surface area contributed by atoms with Gasteiger partial charge in [0, 0.05) is 31.5 Å². The molecule has 0 aliphatic carbocycles. The molecule has 0 fully saturated rings. The van der Waals surface area contributed by atoms with Crippen LogP contribution in [0.2, 0.25) is 0 Å². The second kappa shape index (κ2) is 6.99. The summed E-state index contributed by atoms with van der Waals surface area (Å²) in [4.78, 5) is 2.28. The third-order valence-electron chi connectivity index (χ3n) is 3.69. The molecule has 2 aromatic carbocycles. The third-order valence-corrected chi connectivity index (χ3v) is 3.69. The lowest BCUT2D eigenvalue weighted by Crippen LogP contribution is -2.24. The number of hydrogen-bond acceptors (Lipinski definition) is 2. The van der Waals surface area contributed by atoms with Gasteiger partial charge in [0.15, 0.2) is 0 Å². The Morgan fingerprint density at radius 1 is 1.00 bits per heavy atom. The maximum absolute atomic E-state index is 3.49. The first-order valence-electron chi connectivity index (χ1n) is 7.30. The van der Waals surface area contributed by atoms with Gasteiger partial charge in [0.25, 0.3) is 0 Å². The fourth-order valence-corrected chi connectivity index (χ4v) is 2.24. The lowest BCUT2D eigenvalue weighted by atomic mass is 10.1. The highest BCUT2D eigenvalue weighted by Gasteiger charge is 2.01. The van der Waals surface area contributed by atoms with E-state index < -0.39 is 0 Å². The molecule has 20 heavy (non-hydrogen) atoms. The summed E-state index contributed by atoms with van der Waals surface area (Å²) in [6, 6.07) is 17.2. The van der Waals surface area contributed by atoms with Crippen molar-refractivity contribution >= 4 is 11.4 Å². The van der Waals surface area contributed by atoms with Crippen LogP contribution in [0.15, 0.2) is 48.5 Å². The molecule has 0 spiro atoms. The molecule has 0 heterocycles. The second-order valence-corrected chi connectivity index (χ2v) is 5.18. The van der Waals surface area contributed by atoms with Gasteiger partial charge in [-0.2, -0.15) is 0 Å². The van der Waals surface area contributed by atoms with Crippen molar-refractivity contribution in [2.75, 3.05) is 30.4 Å². The van der Waals surface area contributed by atoms with Crippen molar-refractivity contribution < 1.29 is 0 Å². The number of nitrogens with zero attached hydrogens (tertiary/aromatic N) is 1. The summed E-state index contributed by atoms with van der Waals surface area (Å²) in [6.45, 7) is 6.25. The molecular formula is C18H24N2. The van der Waals surface area contributed by atoms with Gasteiger partial charge < -0.3 is 10.2 Å². The number of rotatable bonds is 6. The van der Waals surface area contributed by atoms with Crippen molar-refractivity contribution in [3.05, 3.63) is 59.7 Å². The van der Waals surface area contributed by atoms with Gasteiger partial charge in [0.05, 0.1) is 0 Å². The van der Waals surface area contributed by atoms with E-state index in [-0.39, 0.29) is 0 Å². The fourth-order valence-electron chi connectivity index (χ4n) is 2.24. The molecule has 0 radical (unpaired) electrons. The highest BCUT2D eigenvalue weighted by Crippen LogP contribution is 2.15. The van der Waals surface area contributed by atoms with Crippen LogP contribution in [0.1, 0.15) is 18.1 Å². The van der Waals surface area contributed by atoms with Gasteiger partial charge in [0.2, 0.25) is 0 Å². The molecule has 0 amide bonds. The Labute approximate surface area is 122 Å². The van der Waals surface area contributed by atoms with E-state index in [1.165, 1.54) is 22.5 Å². The lowest BCUT2D eigenvalue weighted by molar-refractivity contribution is 0.913. The number of likely N-dealkylation sites (N-methyl/N-ethyl adjacent to an activating group) is 1. The molecule has 2 rings (SSSR count). The molecule has 0 aromatic heterocycles. The van der Waals surface area contributed by atoms with Gasteiger partial charge in [-0.3, -0.25) is 0 Å². The monoisotopic (exact) mass is 268 g/mol. The number of aryl methyl sites for hydroxylation is 2. The van der Waals surface area contributed by atoms with E-state index in [9.17, 15) is 0 Å². The fraction of sp³-hybridized carbons (Fsp3) is 0.333. The molecule has 0 saturated carbocycles. The summed E-state index contributed by atoms with van der Waals surface area (Å²) in [7, 11) is 2.14. The minimum Gasteiger partial charge on any atom is -0.383 e. The molecule has 2 aromatic rings. The smallest absolute Gasteiger partial charge is 0.0370 e. The SMILES string of the molecule is CCc1ccc(N(C)CCNc2ccccc2C)cc1. The van der Waals surface area contributed by atoms with Gasteiger partial charge in [0.1, 0.15) is 0 Å². The largest absolute Gasteiger partial charge is 0.383 e. The van der Waals surface area contributed by atoms with Crippen molar-refractivity contribution in [1.82, 2.24) is 0 Å². The van der Waals surface area contributed by atoms with Crippen LogP contribution < -0.4 is 10.2 Å². The molecule has 0 atom stereocenters. The van der Waals surface area contributed by atoms with Crippen LogP contribution in [-0.4, -0.2) is 20.1 Å². The topological polar surface area (TPSA) is 15.3 Å². The first-order chi connectivity index (χ1) is 9.70. The zero-order valence-corrected chi connectivity index (χ0v) is 12.7. The molecule has 0 aliphatic heterocycles. The van der Waals surface area contributed by atoms with Crippen LogP contribution in [-0.2, 0) is 6.42 Å². The molecule has 0 unspecified atom stereocenters. The highest BCUT2D eigenvalue weighted by atomic mass is 15.1. The minimum absolute atomic E-state index is 0.941. The number of benzene rings is 2. The molecule has 2 heteroatoms. The van der Waals surface area contributed by atoms with E-state index in [0.29, 0.717) is 0 Å². The van der Waals surface area contributed by atoms with E-state index in [1.54, 1.807) is 0 Å². The number of nitrogens with one attached hydrogen (secondary N) is 1. The summed E-state index contributed by atoms with van der Waals surface area (Å²) < 4.78 is 0. The average Bonchev–Trinajstić information content (AvgIpc) is 2.49. The molecule has 0 bridgehead atoms. The predicted octanol–water partition coefficient (Wildman–Crippen LogP) is 4.11. The maximum atomic E-state index is 3.49. The Kier molecular flexibility index (Phi) is 5.05. The molecule has 0 aliphatic rings. The minimum atomic E-state index is 0.941. The normalized spacial score (nSPS) is 10.3. The number of hydrogen-bond donors (Lipinski definition) is 1. The Balaban J connectivity index is 1.85. The van der Waals surface area contributed by atoms with Crippen LogP contribution in [0.3, 0.4) is 0 Å². The van der Waals surface area contributed by atoms with Crippen LogP contribution in [0.5, 0.6) is 0 Å². The van der Waals surface area contributed by atoms with Gasteiger partial charge in [-0.1, -0.05) is 37.3 Å². The summed E-state index contributed by atoms with van der Waals surface area (Å²) in [5, 5.41) is 3.49. The molecule has 0 saturated heterocycles. The van der Waals surface area contributed by atoms with Crippen LogP contribution >= 0.6 is 0 Å². The highest BCUT2D eigenvalue weighted by molar-refractivity contribution is 5.51. The van der Waals surface area contributed by atoms with E-state index in [4.69, 9.17) is 0 Å². The maximum Gasteiger partial charge on any atom is 0.0370 e. The third kappa shape index (κ3) is 3.77. The first kappa shape index (κ1) is 14.4. The van der Waals surface area contributed by atoms with E-state index in [0.717, 1.165) is 19.5 Å². The van der Waals surface area contributed by atoms with E-state index >= 15 is 0 Å². The van der Waals surface area contributed by atoms with Gasteiger partial charge in [-0.25, -0.2) is 0 Å². The molecule has 1 N–H and O–H groups in total. The Morgan fingerprint density at radius 2 is 1.70 bits per heavy atom. The van der Waals surface area contributed by atoms with Crippen molar-refractivity contribution in [3.8, 4) is 0 Å². The summed E-state index contributed by atoms with van der Waals surface area (Å²) >= 11 is 0. The van der Waals surface area contributed by atoms with Crippen LogP contribution in [0, 0.1) is 6.92 Å². The zero-order valence-electron chi connectivity index (χ0n) is 12.7. The standard InChI is InChI=1S/C18H24N2/c1-4-16-9-11-17(12-10-16)20(3)14-13-19-18-8-6-5-7-15(18)2/h5-12,19H,4,13-14H2,1-3H3. The lowest BCUT2D eigenvalue weighted by Gasteiger charge is -2.20. The average molecular weight is 268 g/mol. The predicted molar refractivity (Wildman–Crippen MR) is 88.8 cm³/mol. The Morgan fingerprint density at radius 3 is 2.35 bits per heavy atom. The van der Waals surface area contributed by atoms with Gasteiger partial charge >= 0.3 is 0 Å². The van der Waals surface area contributed by atoms with E-state index in [2.05, 4.69) is 79.6 Å². The van der Waals surface area contributed by atoms with Crippen molar-refractivity contribution in [2.24, 2.45) is 0 Å². The van der Waals surface area contributed by atoms with Crippen LogP contribution in [0.25, 0.3) is 0 Å². The zero-order chi connectivity index (χ0) is 14.4. The first-order valence-corrected chi connectivity index (χ1v) is 7.30. The molecule has 2 nitrogen and oxygen atoms in total.